The lowest BCUT2D eigenvalue weighted by Crippen LogP contribution is -2.30. The van der Waals surface area contributed by atoms with Gasteiger partial charge in [-0.25, -0.2) is 0 Å². The van der Waals surface area contributed by atoms with Crippen molar-refractivity contribution in [3.05, 3.63) is 131 Å². The lowest BCUT2D eigenvalue weighted by molar-refractivity contribution is -0.113. The molecule has 4 rings (SSSR count). The molecule has 0 spiro atoms. The van der Waals surface area contributed by atoms with Crippen molar-refractivity contribution in [2.75, 3.05) is 18.2 Å². The van der Waals surface area contributed by atoms with Crippen molar-refractivity contribution in [1.82, 2.24) is 5.32 Å². The zero-order chi connectivity index (χ0) is 27.6. The molecule has 2 amide bonds. The Kier molecular flexibility index (Phi) is 9.56. The summed E-state index contributed by atoms with van der Waals surface area (Å²) in [6, 6.07) is 29.8. The summed E-state index contributed by atoms with van der Waals surface area (Å²) in [5.41, 5.74) is 2.10. The Labute approximate surface area is 236 Å². The molecule has 0 aromatic heterocycles. The molecule has 4 aromatic carbocycles. The molecule has 0 bridgehead atoms. The summed E-state index contributed by atoms with van der Waals surface area (Å²) in [7, 11) is 1.56. The quantitative estimate of drug-likeness (QED) is 0.128. The highest BCUT2D eigenvalue weighted by molar-refractivity contribution is 8.00. The number of carbonyl (C=O) groups excluding carboxylic acids is 3. The zero-order valence-corrected chi connectivity index (χ0v) is 22.6. The van der Waals surface area contributed by atoms with Gasteiger partial charge in [-0.05, 0) is 60.2 Å². The van der Waals surface area contributed by atoms with Crippen molar-refractivity contribution in [2.45, 2.75) is 4.90 Å². The van der Waals surface area contributed by atoms with Gasteiger partial charge in [0.25, 0.3) is 11.8 Å². The highest BCUT2D eigenvalue weighted by atomic mass is 35.5. The minimum atomic E-state index is -0.520. The molecule has 6 nitrogen and oxygen atoms in total. The van der Waals surface area contributed by atoms with Gasteiger partial charge in [-0.2, -0.15) is 0 Å². The molecule has 39 heavy (non-hydrogen) atoms. The minimum Gasteiger partial charge on any atom is -0.497 e. The van der Waals surface area contributed by atoms with Crippen LogP contribution in [0.4, 0.5) is 5.69 Å². The smallest absolute Gasteiger partial charge is 0.272 e. The Morgan fingerprint density at radius 3 is 2.33 bits per heavy atom. The van der Waals surface area contributed by atoms with Crippen LogP contribution in [0.2, 0.25) is 5.02 Å². The van der Waals surface area contributed by atoms with E-state index in [-0.39, 0.29) is 17.2 Å². The molecular weight excluding hydrogens is 532 g/mol. The molecule has 0 fully saturated rings. The first kappa shape index (κ1) is 27.7. The number of anilines is 1. The van der Waals surface area contributed by atoms with Crippen LogP contribution in [0.3, 0.4) is 0 Å². The first-order chi connectivity index (χ1) is 18.9. The van der Waals surface area contributed by atoms with E-state index in [0.717, 1.165) is 4.90 Å². The summed E-state index contributed by atoms with van der Waals surface area (Å²) >= 11 is 7.66. The van der Waals surface area contributed by atoms with E-state index in [0.29, 0.717) is 33.1 Å². The molecule has 0 aliphatic rings. The van der Waals surface area contributed by atoms with Crippen LogP contribution >= 0.6 is 23.4 Å². The molecule has 0 saturated heterocycles. The van der Waals surface area contributed by atoms with Crippen LogP contribution in [0.15, 0.2) is 114 Å². The Morgan fingerprint density at radius 2 is 1.56 bits per heavy atom. The zero-order valence-electron chi connectivity index (χ0n) is 21.0. The third-order valence-electron chi connectivity index (χ3n) is 5.59. The van der Waals surface area contributed by atoms with E-state index in [4.69, 9.17) is 16.3 Å². The maximum absolute atomic E-state index is 13.3. The van der Waals surface area contributed by atoms with Crippen molar-refractivity contribution in [2.24, 2.45) is 0 Å². The maximum Gasteiger partial charge on any atom is 0.272 e. The fraction of sp³-hybridized carbons (Fsp3) is 0.0645. The monoisotopic (exact) mass is 556 g/mol. The molecule has 4 aromatic rings. The molecule has 2 N–H and O–H groups in total. The summed E-state index contributed by atoms with van der Waals surface area (Å²) in [6.45, 7) is 0. The van der Waals surface area contributed by atoms with Gasteiger partial charge in [0, 0.05) is 26.7 Å². The van der Waals surface area contributed by atoms with Crippen LogP contribution in [0, 0.1) is 0 Å². The van der Waals surface area contributed by atoms with Crippen molar-refractivity contribution in [3.8, 4) is 5.75 Å². The minimum absolute atomic E-state index is 0.0308. The average molecular weight is 557 g/mol. The highest BCUT2D eigenvalue weighted by Gasteiger charge is 2.16. The van der Waals surface area contributed by atoms with E-state index >= 15 is 0 Å². The van der Waals surface area contributed by atoms with E-state index in [1.165, 1.54) is 17.8 Å². The van der Waals surface area contributed by atoms with Crippen molar-refractivity contribution >= 4 is 52.7 Å². The molecule has 0 heterocycles. The van der Waals surface area contributed by atoms with E-state index in [2.05, 4.69) is 10.6 Å². The number of hydrogen-bond acceptors (Lipinski definition) is 5. The largest absolute Gasteiger partial charge is 0.497 e. The Bertz CT molecular complexity index is 1520. The molecule has 0 aliphatic heterocycles. The number of Topliss-reactive ketones (excluding diaryl/α,β-unsaturated/α-hetero) is 1. The predicted molar refractivity (Wildman–Crippen MR) is 156 cm³/mol. The fourth-order valence-corrected chi connectivity index (χ4v) is 4.62. The summed E-state index contributed by atoms with van der Waals surface area (Å²) in [4.78, 5) is 39.6. The molecule has 196 valence electrons. The first-order valence-corrected chi connectivity index (χ1v) is 13.3. The molecule has 0 aliphatic carbocycles. The van der Waals surface area contributed by atoms with Crippen LogP contribution in [0.1, 0.15) is 26.3 Å². The number of rotatable bonds is 10. The molecule has 0 radical (unpaired) electrons. The van der Waals surface area contributed by atoms with Gasteiger partial charge in [0.2, 0.25) is 0 Å². The number of benzene rings is 4. The Hall–Kier alpha value is -4.33. The van der Waals surface area contributed by atoms with Gasteiger partial charge in [0.15, 0.2) is 5.78 Å². The highest BCUT2D eigenvalue weighted by Crippen LogP contribution is 2.24. The van der Waals surface area contributed by atoms with E-state index in [1.807, 2.05) is 6.07 Å². The molecule has 8 heteroatoms. The van der Waals surface area contributed by atoms with Crippen molar-refractivity contribution in [1.29, 1.82) is 0 Å². The molecular formula is C31H25ClN2O4S. The van der Waals surface area contributed by atoms with Gasteiger partial charge in [-0.3, -0.25) is 14.4 Å². The molecule has 0 atom stereocenters. The number of ether oxygens (including phenoxy) is 1. The van der Waals surface area contributed by atoms with Gasteiger partial charge < -0.3 is 15.4 Å². The van der Waals surface area contributed by atoms with E-state index < -0.39 is 11.8 Å². The van der Waals surface area contributed by atoms with Crippen LogP contribution in [-0.2, 0) is 4.79 Å². The number of carbonyl (C=O) groups is 3. The topological polar surface area (TPSA) is 84.5 Å². The van der Waals surface area contributed by atoms with E-state index in [1.54, 1.807) is 104 Å². The summed E-state index contributed by atoms with van der Waals surface area (Å²) in [5.74, 6) is -0.147. The third-order valence-corrected chi connectivity index (χ3v) is 6.93. The summed E-state index contributed by atoms with van der Waals surface area (Å²) in [6.07, 6.45) is 1.53. The molecule has 0 saturated carbocycles. The number of hydrogen-bond donors (Lipinski definition) is 2. The average Bonchev–Trinajstić information content (AvgIpc) is 2.97. The SMILES string of the molecule is COc1cccc(C(=O)CSc2cccc(NC(=O)/C(=C/c3ccccc3Cl)NC(=O)c3ccccc3)c2)c1. The van der Waals surface area contributed by atoms with Crippen molar-refractivity contribution in [3.63, 3.8) is 0 Å². The maximum atomic E-state index is 13.3. The third kappa shape index (κ3) is 7.83. The number of halogens is 1. The number of ketones is 1. The number of nitrogens with one attached hydrogen (secondary N) is 2. The second-order valence-corrected chi connectivity index (χ2v) is 9.78. The number of thioether (sulfide) groups is 1. The Morgan fingerprint density at radius 1 is 0.846 bits per heavy atom. The van der Waals surface area contributed by atoms with Gasteiger partial charge in [-0.1, -0.05) is 66.2 Å². The lowest BCUT2D eigenvalue weighted by atomic mass is 10.1. The predicted octanol–water partition coefficient (Wildman–Crippen LogP) is 6.73. The second-order valence-electron chi connectivity index (χ2n) is 8.33. The van der Waals surface area contributed by atoms with Crippen molar-refractivity contribution < 1.29 is 19.1 Å². The number of amides is 2. The van der Waals surface area contributed by atoms with Crippen LogP contribution in [-0.4, -0.2) is 30.5 Å². The van der Waals surface area contributed by atoms with Crippen LogP contribution < -0.4 is 15.4 Å². The summed E-state index contributed by atoms with van der Waals surface area (Å²) in [5, 5.41) is 5.98. The normalized spacial score (nSPS) is 11.0. The van der Waals surface area contributed by atoms with Gasteiger partial charge in [-0.15, -0.1) is 11.8 Å². The first-order valence-electron chi connectivity index (χ1n) is 12.0. The second kappa shape index (κ2) is 13.5. The van der Waals surface area contributed by atoms with Gasteiger partial charge in [0.05, 0.1) is 12.9 Å². The standard InChI is InChI=1S/C31H25ClN2O4S/c1-38-25-14-7-12-23(17-25)29(35)20-39-26-15-8-13-24(19-26)33-31(37)28(18-22-11-5-6-16-27(22)32)34-30(36)21-9-3-2-4-10-21/h2-19H,20H2,1H3,(H,33,37)(H,34,36)/b28-18-. The fourth-order valence-electron chi connectivity index (χ4n) is 3.58. The van der Waals surface area contributed by atoms with Gasteiger partial charge in [0.1, 0.15) is 11.4 Å². The van der Waals surface area contributed by atoms with E-state index in [9.17, 15) is 14.4 Å². The molecule has 0 unspecified atom stereocenters. The van der Waals surface area contributed by atoms with Crippen LogP contribution in [0.5, 0.6) is 5.75 Å². The number of methoxy groups -OCH3 is 1. The van der Waals surface area contributed by atoms with Crippen LogP contribution in [0.25, 0.3) is 6.08 Å². The lowest BCUT2D eigenvalue weighted by Gasteiger charge is -2.12. The van der Waals surface area contributed by atoms with Gasteiger partial charge >= 0.3 is 0 Å². The summed E-state index contributed by atoms with van der Waals surface area (Å²) < 4.78 is 5.20. The Balaban J connectivity index is 1.49.